The van der Waals surface area contributed by atoms with Gasteiger partial charge in [0, 0.05) is 18.7 Å². The van der Waals surface area contributed by atoms with Crippen molar-refractivity contribution in [2.24, 2.45) is 5.92 Å². The molecule has 0 fully saturated rings. The lowest BCUT2D eigenvalue weighted by Crippen LogP contribution is -2.29. The summed E-state index contributed by atoms with van der Waals surface area (Å²) in [4.78, 5) is 11.7. The monoisotopic (exact) mass is 277 g/mol. The Hall–Kier alpha value is -1.76. The van der Waals surface area contributed by atoms with Crippen LogP contribution < -0.4 is 10.1 Å². The van der Waals surface area contributed by atoms with Crippen LogP contribution >= 0.6 is 0 Å². The van der Waals surface area contributed by atoms with E-state index in [0.29, 0.717) is 0 Å². The van der Waals surface area contributed by atoms with E-state index in [0.717, 1.165) is 12.1 Å². The molecule has 4 nitrogen and oxygen atoms in total. The molecule has 106 valence electrons. The number of alkyl halides is 3. The highest BCUT2D eigenvalue weighted by Gasteiger charge is 2.31. The van der Waals surface area contributed by atoms with Crippen LogP contribution in [0.4, 0.5) is 13.2 Å². The summed E-state index contributed by atoms with van der Waals surface area (Å²) < 4.78 is 39.8. The summed E-state index contributed by atoms with van der Waals surface area (Å²) >= 11 is 0. The molecule has 0 radical (unpaired) electrons. The summed E-state index contributed by atoms with van der Waals surface area (Å²) in [6, 6.07) is 4.79. The van der Waals surface area contributed by atoms with E-state index in [9.17, 15) is 18.0 Å². The first-order valence-electron chi connectivity index (χ1n) is 5.56. The maximum atomic E-state index is 12.0. The molecule has 1 aromatic rings. The first-order chi connectivity index (χ1) is 8.81. The average Bonchev–Trinajstić information content (AvgIpc) is 2.33. The topological polar surface area (TPSA) is 58.6 Å². The third-order valence-corrected chi connectivity index (χ3v) is 2.25. The van der Waals surface area contributed by atoms with Gasteiger partial charge in [-0.2, -0.15) is 0 Å². The smallest absolute Gasteiger partial charge is 0.406 e. The summed E-state index contributed by atoms with van der Waals surface area (Å²) in [5, 5.41) is 11.3. The molecule has 0 aliphatic heterocycles. The molecule has 0 saturated heterocycles. The standard InChI is InChI=1S/C12H14F3NO3/c1-8(7-17)6-16-11(18)9-3-2-4-10(5-9)19-12(13,14)15/h2-5,8,17H,6-7H2,1H3,(H,16,18). The molecule has 1 aromatic carbocycles. The minimum atomic E-state index is -4.79. The Balaban J connectivity index is 2.68. The van der Waals surface area contributed by atoms with Gasteiger partial charge < -0.3 is 15.2 Å². The van der Waals surface area contributed by atoms with Gasteiger partial charge in [-0.1, -0.05) is 13.0 Å². The highest BCUT2D eigenvalue weighted by molar-refractivity contribution is 5.94. The molecule has 7 heteroatoms. The Morgan fingerprint density at radius 1 is 1.47 bits per heavy atom. The van der Waals surface area contributed by atoms with E-state index < -0.39 is 18.0 Å². The summed E-state index contributed by atoms with van der Waals surface area (Å²) in [5.41, 5.74) is 0.0619. The van der Waals surface area contributed by atoms with Crippen molar-refractivity contribution in [3.8, 4) is 5.75 Å². The fraction of sp³-hybridized carbons (Fsp3) is 0.417. The SMILES string of the molecule is CC(CO)CNC(=O)c1cccc(OC(F)(F)F)c1. The van der Waals surface area contributed by atoms with Crippen molar-refractivity contribution in [3.05, 3.63) is 29.8 Å². The zero-order chi connectivity index (χ0) is 14.5. The first kappa shape index (κ1) is 15.3. The van der Waals surface area contributed by atoms with Gasteiger partial charge in [-0.25, -0.2) is 0 Å². The van der Waals surface area contributed by atoms with Crippen LogP contribution in [0.2, 0.25) is 0 Å². The van der Waals surface area contributed by atoms with E-state index in [1.54, 1.807) is 6.92 Å². The number of hydrogen-bond acceptors (Lipinski definition) is 3. The molecule has 0 bridgehead atoms. The molecular formula is C12H14F3NO3. The number of aliphatic hydroxyl groups is 1. The van der Waals surface area contributed by atoms with Crippen LogP contribution in [-0.2, 0) is 0 Å². The average molecular weight is 277 g/mol. The van der Waals surface area contributed by atoms with Gasteiger partial charge in [0.2, 0.25) is 0 Å². The van der Waals surface area contributed by atoms with Crippen molar-refractivity contribution >= 4 is 5.91 Å². The number of amides is 1. The molecule has 1 unspecified atom stereocenters. The molecule has 19 heavy (non-hydrogen) atoms. The fourth-order valence-electron chi connectivity index (χ4n) is 1.27. The lowest BCUT2D eigenvalue weighted by atomic mass is 10.1. The fourth-order valence-corrected chi connectivity index (χ4v) is 1.27. The number of aliphatic hydroxyl groups excluding tert-OH is 1. The minimum absolute atomic E-state index is 0.0619. The van der Waals surface area contributed by atoms with Crippen molar-refractivity contribution in [2.75, 3.05) is 13.2 Å². The van der Waals surface area contributed by atoms with Crippen LogP contribution in [0.5, 0.6) is 5.75 Å². The zero-order valence-electron chi connectivity index (χ0n) is 10.2. The molecule has 0 saturated carbocycles. The lowest BCUT2D eigenvalue weighted by Gasteiger charge is -2.11. The molecule has 0 spiro atoms. The van der Waals surface area contributed by atoms with Crippen LogP contribution in [0, 0.1) is 5.92 Å². The summed E-state index contributed by atoms with van der Waals surface area (Å²) in [6.45, 7) is 1.88. The summed E-state index contributed by atoms with van der Waals surface area (Å²) in [7, 11) is 0. The van der Waals surface area contributed by atoms with Gasteiger partial charge in [0.05, 0.1) is 0 Å². The molecule has 0 aliphatic carbocycles. The van der Waals surface area contributed by atoms with Gasteiger partial charge in [0.25, 0.3) is 5.91 Å². The predicted molar refractivity (Wildman–Crippen MR) is 61.7 cm³/mol. The number of ether oxygens (including phenoxy) is 1. The number of rotatable bonds is 5. The highest BCUT2D eigenvalue weighted by Crippen LogP contribution is 2.23. The van der Waals surface area contributed by atoms with Crippen molar-refractivity contribution in [2.45, 2.75) is 13.3 Å². The molecule has 0 aliphatic rings. The van der Waals surface area contributed by atoms with E-state index in [1.165, 1.54) is 12.1 Å². The second-order valence-corrected chi connectivity index (χ2v) is 4.07. The largest absolute Gasteiger partial charge is 0.573 e. The second-order valence-electron chi connectivity index (χ2n) is 4.07. The van der Waals surface area contributed by atoms with Gasteiger partial charge in [0.15, 0.2) is 0 Å². The molecule has 0 heterocycles. The summed E-state index contributed by atoms with van der Waals surface area (Å²) in [5.74, 6) is -1.10. The highest BCUT2D eigenvalue weighted by atomic mass is 19.4. The van der Waals surface area contributed by atoms with E-state index in [-0.39, 0.29) is 24.6 Å². The van der Waals surface area contributed by atoms with Crippen molar-refractivity contribution < 1.29 is 27.8 Å². The Kier molecular flexibility index (Phi) is 5.17. The first-order valence-corrected chi connectivity index (χ1v) is 5.56. The van der Waals surface area contributed by atoms with Crippen molar-refractivity contribution in [3.63, 3.8) is 0 Å². The molecule has 1 rings (SSSR count). The van der Waals surface area contributed by atoms with E-state index in [2.05, 4.69) is 10.1 Å². The van der Waals surface area contributed by atoms with Crippen molar-refractivity contribution in [1.29, 1.82) is 0 Å². The Labute approximate surface area is 108 Å². The predicted octanol–water partition coefficient (Wildman–Crippen LogP) is 1.94. The maximum absolute atomic E-state index is 12.0. The third-order valence-electron chi connectivity index (χ3n) is 2.25. The van der Waals surface area contributed by atoms with Crippen LogP contribution in [0.25, 0.3) is 0 Å². The number of halogens is 3. The molecular weight excluding hydrogens is 263 g/mol. The van der Waals surface area contributed by atoms with Gasteiger partial charge in [-0.3, -0.25) is 4.79 Å². The summed E-state index contributed by atoms with van der Waals surface area (Å²) in [6.07, 6.45) is -4.79. The minimum Gasteiger partial charge on any atom is -0.406 e. The molecule has 2 N–H and O–H groups in total. The lowest BCUT2D eigenvalue weighted by molar-refractivity contribution is -0.274. The molecule has 0 aromatic heterocycles. The Bertz CT molecular complexity index is 434. The zero-order valence-corrected chi connectivity index (χ0v) is 10.2. The van der Waals surface area contributed by atoms with E-state index in [4.69, 9.17) is 5.11 Å². The van der Waals surface area contributed by atoms with Crippen LogP contribution in [0.1, 0.15) is 17.3 Å². The normalized spacial score (nSPS) is 12.9. The number of carbonyl (C=O) groups is 1. The van der Waals surface area contributed by atoms with Crippen LogP contribution in [0.3, 0.4) is 0 Å². The van der Waals surface area contributed by atoms with Gasteiger partial charge in [-0.15, -0.1) is 13.2 Å². The van der Waals surface area contributed by atoms with Crippen LogP contribution in [0.15, 0.2) is 24.3 Å². The third kappa shape index (κ3) is 5.60. The second kappa shape index (κ2) is 6.42. The number of nitrogens with one attached hydrogen (secondary N) is 1. The number of benzene rings is 1. The van der Waals surface area contributed by atoms with Crippen LogP contribution in [-0.4, -0.2) is 30.5 Å². The Morgan fingerprint density at radius 3 is 2.74 bits per heavy atom. The quantitative estimate of drug-likeness (QED) is 0.864. The number of hydrogen-bond donors (Lipinski definition) is 2. The Morgan fingerprint density at radius 2 is 2.16 bits per heavy atom. The molecule has 1 amide bonds. The number of carbonyl (C=O) groups excluding carboxylic acids is 1. The molecule has 1 atom stereocenters. The van der Waals surface area contributed by atoms with Gasteiger partial charge >= 0.3 is 6.36 Å². The van der Waals surface area contributed by atoms with Gasteiger partial charge in [0.1, 0.15) is 5.75 Å². The van der Waals surface area contributed by atoms with Gasteiger partial charge in [-0.05, 0) is 24.1 Å². The van der Waals surface area contributed by atoms with Crippen molar-refractivity contribution in [1.82, 2.24) is 5.32 Å². The van der Waals surface area contributed by atoms with E-state index in [1.807, 2.05) is 0 Å². The van der Waals surface area contributed by atoms with E-state index >= 15 is 0 Å². The maximum Gasteiger partial charge on any atom is 0.573 e.